The van der Waals surface area contributed by atoms with Crippen molar-refractivity contribution in [1.82, 2.24) is 10.6 Å². The van der Waals surface area contributed by atoms with Crippen molar-refractivity contribution >= 4 is 29.3 Å². The van der Waals surface area contributed by atoms with E-state index in [9.17, 15) is 4.79 Å². The van der Waals surface area contributed by atoms with Crippen molar-refractivity contribution < 1.29 is 14.3 Å². The number of carbonyl (C=O) groups excluding carboxylic acids is 1. The van der Waals surface area contributed by atoms with E-state index in [4.69, 9.17) is 32.7 Å². The normalized spacial score (nSPS) is 28.2. The zero-order valence-corrected chi connectivity index (χ0v) is 16.2. The molecular formula is C18H24Cl2N2O3. The maximum atomic E-state index is 12.1. The van der Waals surface area contributed by atoms with Crippen LogP contribution in [0.5, 0.6) is 0 Å². The number of hydrogen-bond donors (Lipinski definition) is 2. The van der Waals surface area contributed by atoms with Gasteiger partial charge in [0, 0.05) is 29.1 Å². The molecule has 1 aliphatic heterocycles. The van der Waals surface area contributed by atoms with Crippen molar-refractivity contribution in [1.29, 1.82) is 0 Å². The quantitative estimate of drug-likeness (QED) is 0.826. The molecule has 4 unspecified atom stereocenters. The van der Waals surface area contributed by atoms with E-state index in [0.29, 0.717) is 22.5 Å². The fraction of sp³-hybridized carbons (Fsp3) is 0.611. The SMILES string of the molecule is CC(C)(C)OC(=O)NC1C2CCOC2C1NCc1cc(Cl)ccc1Cl. The highest BCUT2D eigenvalue weighted by atomic mass is 35.5. The maximum Gasteiger partial charge on any atom is 0.407 e. The molecule has 1 amide bonds. The van der Waals surface area contributed by atoms with Crippen LogP contribution in [0.2, 0.25) is 10.0 Å². The summed E-state index contributed by atoms with van der Waals surface area (Å²) in [4.78, 5) is 12.1. The number of halogens is 2. The van der Waals surface area contributed by atoms with Crippen LogP contribution in [0, 0.1) is 5.92 Å². The summed E-state index contributed by atoms with van der Waals surface area (Å²) in [5.74, 6) is 0.319. The van der Waals surface area contributed by atoms with Crippen molar-refractivity contribution in [3.05, 3.63) is 33.8 Å². The minimum atomic E-state index is -0.517. The predicted molar refractivity (Wildman–Crippen MR) is 98.1 cm³/mol. The third kappa shape index (κ3) is 4.40. The lowest BCUT2D eigenvalue weighted by Gasteiger charge is -2.48. The molecule has 0 aromatic heterocycles. The number of carbonyl (C=O) groups is 1. The summed E-state index contributed by atoms with van der Waals surface area (Å²) in [7, 11) is 0. The molecule has 2 N–H and O–H groups in total. The second-order valence-corrected chi connectivity index (χ2v) is 8.45. The Morgan fingerprint density at radius 2 is 2.08 bits per heavy atom. The Balaban J connectivity index is 1.62. The standard InChI is InChI=1S/C18H24Cl2N2O3/c1-18(2,3)25-17(23)22-14-12-6-7-24-16(12)15(14)21-9-10-8-11(19)4-5-13(10)20/h4-5,8,12,14-16,21H,6-7,9H2,1-3H3,(H,22,23). The highest BCUT2D eigenvalue weighted by molar-refractivity contribution is 6.33. The maximum absolute atomic E-state index is 12.1. The van der Waals surface area contributed by atoms with Crippen molar-refractivity contribution in [2.75, 3.05) is 6.61 Å². The van der Waals surface area contributed by atoms with Gasteiger partial charge < -0.3 is 20.1 Å². The summed E-state index contributed by atoms with van der Waals surface area (Å²) in [5.41, 5.74) is 0.406. The van der Waals surface area contributed by atoms with Gasteiger partial charge in [0.15, 0.2) is 0 Å². The van der Waals surface area contributed by atoms with Crippen molar-refractivity contribution in [3.8, 4) is 0 Å². The number of alkyl carbamates (subject to hydrolysis) is 1. The summed E-state index contributed by atoms with van der Waals surface area (Å²) in [6, 6.07) is 5.40. The number of fused-ring (bicyclic) bond motifs is 1. The van der Waals surface area contributed by atoms with Crippen LogP contribution in [0.25, 0.3) is 0 Å². The Hall–Kier alpha value is -1.01. The van der Waals surface area contributed by atoms with Gasteiger partial charge in [0.1, 0.15) is 5.60 Å². The first-order valence-electron chi connectivity index (χ1n) is 8.53. The van der Waals surface area contributed by atoms with Crippen LogP contribution in [-0.4, -0.2) is 36.5 Å². The molecule has 1 heterocycles. The highest BCUT2D eigenvalue weighted by Crippen LogP contribution is 2.39. The zero-order chi connectivity index (χ0) is 18.2. The van der Waals surface area contributed by atoms with Gasteiger partial charge in [0.2, 0.25) is 0 Å². The first-order valence-corrected chi connectivity index (χ1v) is 9.28. The van der Waals surface area contributed by atoms with E-state index >= 15 is 0 Å². The smallest absolute Gasteiger partial charge is 0.407 e. The summed E-state index contributed by atoms with van der Waals surface area (Å²) < 4.78 is 11.2. The minimum absolute atomic E-state index is 0.0136. The van der Waals surface area contributed by atoms with E-state index in [0.717, 1.165) is 18.6 Å². The van der Waals surface area contributed by atoms with Gasteiger partial charge in [-0.1, -0.05) is 23.2 Å². The number of hydrogen-bond acceptors (Lipinski definition) is 4. The molecule has 2 aliphatic rings. The molecule has 1 saturated carbocycles. The van der Waals surface area contributed by atoms with Crippen LogP contribution in [0.3, 0.4) is 0 Å². The molecule has 3 rings (SSSR count). The molecule has 0 bridgehead atoms. The highest BCUT2D eigenvalue weighted by Gasteiger charge is 2.54. The van der Waals surface area contributed by atoms with E-state index in [1.54, 1.807) is 12.1 Å². The van der Waals surface area contributed by atoms with E-state index in [1.165, 1.54) is 0 Å². The Morgan fingerprint density at radius 1 is 1.32 bits per heavy atom. The number of ether oxygens (including phenoxy) is 2. The van der Waals surface area contributed by atoms with Crippen LogP contribution < -0.4 is 10.6 Å². The molecule has 5 nitrogen and oxygen atoms in total. The largest absolute Gasteiger partial charge is 0.444 e. The lowest BCUT2D eigenvalue weighted by molar-refractivity contribution is -0.0344. The van der Waals surface area contributed by atoms with Crippen LogP contribution >= 0.6 is 23.2 Å². The number of nitrogens with one attached hydrogen (secondary N) is 2. The molecule has 1 aliphatic carbocycles. The summed E-state index contributed by atoms with van der Waals surface area (Å²) >= 11 is 12.3. The zero-order valence-electron chi connectivity index (χ0n) is 14.6. The first-order chi connectivity index (χ1) is 11.7. The van der Waals surface area contributed by atoms with Crippen LogP contribution in [0.4, 0.5) is 4.79 Å². The molecule has 2 fully saturated rings. The molecule has 138 valence electrons. The molecule has 0 spiro atoms. The van der Waals surface area contributed by atoms with E-state index in [2.05, 4.69) is 10.6 Å². The number of benzene rings is 1. The molecule has 0 radical (unpaired) electrons. The van der Waals surface area contributed by atoms with Gasteiger partial charge in [-0.3, -0.25) is 0 Å². The Morgan fingerprint density at radius 3 is 2.80 bits per heavy atom. The topological polar surface area (TPSA) is 59.6 Å². The number of amides is 1. The molecule has 1 saturated heterocycles. The van der Waals surface area contributed by atoms with Crippen LogP contribution in [0.15, 0.2) is 18.2 Å². The van der Waals surface area contributed by atoms with Gasteiger partial charge in [-0.25, -0.2) is 4.79 Å². The van der Waals surface area contributed by atoms with E-state index in [-0.39, 0.29) is 18.2 Å². The molecular weight excluding hydrogens is 363 g/mol. The average Bonchev–Trinajstić information content (AvgIpc) is 2.91. The average molecular weight is 387 g/mol. The van der Waals surface area contributed by atoms with Crippen molar-refractivity contribution in [2.24, 2.45) is 5.92 Å². The second-order valence-electron chi connectivity index (χ2n) is 7.60. The van der Waals surface area contributed by atoms with Gasteiger partial charge in [0.25, 0.3) is 0 Å². The van der Waals surface area contributed by atoms with Gasteiger partial charge in [-0.05, 0) is 51.0 Å². The molecule has 4 atom stereocenters. The van der Waals surface area contributed by atoms with Gasteiger partial charge in [-0.2, -0.15) is 0 Å². The molecule has 25 heavy (non-hydrogen) atoms. The molecule has 7 heteroatoms. The fourth-order valence-corrected chi connectivity index (χ4v) is 3.88. The van der Waals surface area contributed by atoms with Gasteiger partial charge in [0.05, 0.1) is 18.2 Å². The lowest BCUT2D eigenvalue weighted by Crippen LogP contribution is -2.70. The Bertz CT molecular complexity index is 648. The predicted octanol–water partition coefficient (Wildman–Crippen LogP) is 3.76. The van der Waals surface area contributed by atoms with Gasteiger partial charge >= 0.3 is 6.09 Å². The summed E-state index contributed by atoms with van der Waals surface area (Å²) in [6.45, 7) is 6.84. The van der Waals surface area contributed by atoms with Crippen LogP contribution in [0.1, 0.15) is 32.8 Å². The Kier molecular flexibility index (Phi) is 5.49. The lowest BCUT2D eigenvalue weighted by atomic mass is 9.71. The summed E-state index contributed by atoms with van der Waals surface area (Å²) in [5, 5.41) is 7.76. The van der Waals surface area contributed by atoms with Gasteiger partial charge in [-0.15, -0.1) is 0 Å². The van der Waals surface area contributed by atoms with Crippen LogP contribution in [-0.2, 0) is 16.0 Å². The van der Waals surface area contributed by atoms with E-state index < -0.39 is 11.7 Å². The second kappa shape index (κ2) is 7.31. The summed E-state index contributed by atoms with van der Waals surface area (Å²) in [6.07, 6.45) is 0.662. The van der Waals surface area contributed by atoms with Crippen molar-refractivity contribution in [3.63, 3.8) is 0 Å². The molecule has 1 aromatic carbocycles. The monoisotopic (exact) mass is 386 g/mol. The first kappa shape index (κ1) is 18.8. The van der Waals surface area contributed by atoms with Crippen molar-refractivity contribution in [2.45, 2.75) is 57.5 Å². The minimum Gasteiger partial charge on any atom is -0.444 e. The molecule has 1 aromatic rings. The number of rotatable bonds is 4. The fourth-order valence-electron chi connectivity index (χ4n) is 3.50. The third-order valence-corrected chi connectivity index (χ3v) is 5.21. The Labute approximate surface area is 158 Å². The van der Waals surface area contributed by atoms with E-state index in [1.807, 2.05) is 26.8 Å². The third-order valence-electron chi connectivity index (χ3n) is 4.60.